The standard InChI is InChI=1S/C15H18ClN5O2/c1-10(15(22)19-13-5-4-12(16)7-17-13)21-6-2-3-11(8-21)14-18-9-23-20-14/h4-5,7,9-11H,2-3,6,8H2,1H3,(H,17,19,22)/t10-,11+/m0/s1. The third-order valence-corrected chi connectivity index (χ3v) is 4.33. The number of hydrogen-bond donors (Lipinski definition) is 1. The molecular formula is C15H18ClN5O2. The van der Waals surface area contributed by atoms with Gasteiger partial charge in [0.05, 0.1) is 11.1 Å². The van der Waals surface area contributed by atoms with E-state index in [2.05, 4.69) is 25.3 Å². The van der Waals surface area contributed by atoms with Gasteiger partial charge >= 0.3 is 0 Å². The molecule has 1 N–H and O–H groups in total. The second-order valence-electron chi connectivity index (χ2n) is 5.65. The SMILES string of the molecule is C[C@@H](C(=O)Nc1ccc(Cl)cn1)N1CCC[C@@H](c2ncon2)C1. The van der Waals surface area contributed by atoms with E-state index < -0.39 is 0 Å². The molecule has 3 heterocycles. The molecule has 0 spiro atoms. The van der Waals surface area contributed by atoms with E-state index >= 15 is 0 Å². The first-order chi connectivity index (χ1) is 11.1. The van der Waals surface area contributed by atoms with Gasteiger partial charge in [0.2, 0.25) is 12.3 Å². The molecule has 2 aromatic heterocycles. The van der Waals surface area contributed by atoms with Crippen LogP contribution in [0.2, 0.25) is 5.02 Å². The molecule has 1 saturated heterocycles. The van der Waals surface area contributed by atoms with Crippen LogP contribution in [0.1, 0.15) is 31.5 Å². The molecule has 0 aliphatic carbocycles. The molecule has 2 aromatic rings. The second kappa shape index (κ2) is 7.06. The number of amides is 1. The Labute approximate surface area is 139 Å². The maximum atomic E-state index is 12.4. The fourth-order valence-electron chi connectivity index (χ4n) is 2.77. The largest absolute Gasteiger partial charge is 0.343 e. The smallest absolute Gasteiger partial charge is 0.242 e. The highest BCUT2D eigenvalue weighted by molar-refractivity contribution is 6.30. The van der Waals surface area contributed by atoms with Gasteiger partial charge in [0.1, 0.15) is 5.82 Å². The summed E-state index contributed by atoms with van der Waals surface area (Å²) in [5.41, 5.74) is 0. The summed E-state index contributed by atoms with van der Waals surface area (Å²) in [6, 6.07) is 3.12. The normalized spacial score (nSPS) is 20.2. The lowest BCUT2D eigenvalue weighted by Crippen LogP contribution is -2.46. The van der Waals surface area contributed by atoms with Crippen molar-refractivity contribution in [1.82, 2.24) is 20.0 Å². The van der Waals surface area contributed by atoms with Crippen LogP contribution in [0.5, 0.6) is 0 Å². The van der Waals surface area contributed by atoms with E-state index in [-0.39, 0.29) is 17.9 Å². The van der Waals surface area contributed by atoms with E-state index in [9.17, 15) is 4.79 Å². The van der Waals surface area contributed by atoms with E-state index in [1.54, 1.807) is 12.1 Å². The lowest BCUT2D eigenvalue weighted by molar-refractivity contribution is -0.121. The lowest BCUT2D eigenvalue weighted by atomic mass is 9.96. The predicted molar refractivity (Wildman–Crippen MR) is 85.2 cm³/mol. The molecule has 1 fully saturated rings. The molecule has 2 atom stereocenters. The Bertz CT molecular complexity index is 646. The minimum absolute atomic E-state index is 0.0893. The van der Waals surface area contributed by atoms with Crippen molar-refractivity contribution in [2.75, 3.05) is 18.4 Å². The van der Waals surface area contributed by atoms with Gasteiger partial charge in [-0.2, -0.15) is 4.98 Å². The molecule has 8 heteroatoms. The van der Waals surface area contributed by atoms with Gasteiger partial charge in [-0.25, -0.2) is 4.98 Å². The summed E-state index contributed by atoms with van der Waals surface area (Å²) < 4.78 is 4.82. The Morgan fingerprint density at radius 1 is 1.48 bits per heavy atom. The molecule has 0 aromatic carbocycles. The Hall–Kier alpha value is -1.99. The third-order valence-electron chi connectivity index (χ3n) is 4.10. The molecule has 1 amide bonds. The van der Waals surface area contributed by atoms with Gasteiger partial charge < -0.3 is 9.84 Å². The Balaban J connectivity index is 1.61. The van der Waals surface area contributed by atoms with E-state index in [4.69, 9.17) is 16.1 Å². The zero-order valence-electron chi connectivity index (χ0n) is 12.8. The highest BCUT2D eigenvalue weighted by Gasteiger charge is 2.30. The van der Waals surface area contributed by atoms with Gasteiger partial charge in [0, 0.05) is 18.7 Å². The van der Waals surface area contributed by atoms with Crippen LogP contribution >= 0.6 is 11.6 Å². The molecular weight excluding hydrogens is 318 g/mol. The van der Waals surface area contributed by atoms with Crippen LogP contribution in [0, 0.1) is 0 Å². The van der Waals surface area contributed by atoms with Crippen LogP contribution in [0.15, 0.2) is 29.2 Å². The molecule has 7 nitrogen and oxygen atoms in total. The van der Waals surface area contributed by atoms with Crippen molar-refractivity contribution in [2.45, 2.75) is 31.7 Å². The second-order valence-corrected chi connectivity index (χ2v) is 6.09. The molecule has 0 radical (unpaired) electrons. The first-order valence-electron chi connectivity index (χ1n) is 7.56. The minimum Gasteiger partial charge on any atom is -0.343 e. The molecule has 0 unspecified atom stereocenters. The van der Waals surface area contributed by atoms with Gasteiger partial charge in [0.25, 0.3) is 0 Å². The summed E-state index contributed by atoms with van der Waals surface area (Å²) >= 11 is 5.79. The van der Waals surface area contributed by atoms with Crippen molar-refractivity contribution in [3.63, 3.8) is 0 Å². The number of nitrogens with one attached hydrogen (secondary N) is 1. The third kappa shape index (κ3) is 3.86. The van der Waals surface area contributed by atoms with Crippen LogP contribution < -0.4 is 5.32 Å². The van der Waals surface area contributed by atoms with Crippen LogP contribution in [-0.2, 0) is 4.79 Å². The molecule has 0 bridgehead atoms. The Kier molecular flexibility index (Phi) is 4.88. The van der Waals surface area contributed by atoms with E-state index in [1.807, 2.05) is 6.92 Å². The fraction of sp³-hybridized carbons (Fsp3) is 0.467. The topological polar surface area (TPSA) is 84.2 Å². The average molecular weight is 336 g/mol. The maximum absolute atomic E-state index is 12.4. The number of nitrogens with zero attached hydrogens (tertiary/aromatic N) is 4. The van der Waals surface area contributed by atoms with Gasteiger partial charge in [-0.3, -0.25) is 9.69 Å². The molecule has 1 aliphatic rings. The van der Waals surface area contributed by atoms with Gasteiger partial charge in [-0.1, -0.05) is 16.8 Å². The van der Waals surface area contributed by atoms with Crippen molar-refractivity contribution in [1.29, 1.82) is 0 Å². The first kappa shape index (κ1) is 15.9. The molecule has 0 saturated carbocycles. The van der Waals surface area contributed by atoms with Crippen LogP contribution in [0.4, 0.5) is 5.82 Å². The van der Waals surface area contributed by atoms with E-state index in [0.717, 1.165) is 25.9 Å². The summed E-state index contributed by atoms with van der Waals surface area (Å²) in [6.07, 6.45) is 4.85. The van der Waals surface area contributed by atoms with Crippen LogP contribution in [0.25, 0.3) is 0 Å². The van der Waals surface area contributed by atoms with E-state index in [1.165, 1.54) is 12.6 Å². The number of likely N-dealkylation sites (tertiary alicyclic amines) is 1. The summed E-state index contributed by atoms with van der Waals surface area (Å²) in [5, 5.41) is 7.27. The zero-order chi connectivity index (χ0) is 16.2. The lowest BCUT2D eigenvalue weighted by Gasteiger charge is -2.34. The quantitative estimate of drug-likeness (QED) is 0.923. The summed E-state index contributed by atoms with van der Waals surface area (Å²) in [5.74, 6) is 1.32. The zero-order valence-corrected chi connectivity index (χ0v) is 13.5. The van der Waals surface area contributed by atoms with Crippen molar-refractivity contribution in [3.05, 3.63) is 35.6 Å². The van der Waals surface area contributed by atoms with Crippen LogP contribution in [0.3, 0.4) is 0 Å². The van der Waals surface area contributed by atoms with E-state index in [0.29, 0.717) is 16.7 Å². The summed E-state index contributed by atoms with van der Waals surface area (Å²) in [7, 11) is 0. The highest BCUT2D eigenvalue weighted by Crippen LogP contribution is 2.25. The number of pyridine rings is 1. The minimum atomic E-state index is -0.262. The number of carbonyl (C=O) groups is 1. The van der Waals surface area contributed by atoms with Crippen molar-refractivity contribution in [2.24, 2.45) is 0 Å². The Morgan fingerprint density at radius 3 is 3.04 bits per heavy atom. The number of anilines is 1. The van der Waals surface area contributed by atoms with Gasteiger partial charge in [-0.05, 0) is 38.4 Å². The number of carbonyl (C=O) groups excluding carboxylic acids is 1. The van der Waals surface area contributed by atoms with Crippen molar-refractivity contribution < 1.29 is 9.32 Å². The molecule has 122 valence electrons. The summed E-state index contributed by atoms with van der Waals surface area (Å²) in [6.45, 7) is 3.50. The maximum Gasteiger partial charge on any atom is 0.242 e. The first-order valence-corrected chi connectivity index (χ1v) is 7.94. The molecule has 23 heavy (non-hydrogen) atoms. The fourth-order valence-corrected chi connectivity index (χ4v) is 2.89. The molecule has 1 aliphatic heterocycles. The number of halogens is 1. The van der Waals surface area contributed by atoms with Gasteiger partial charge in [-0.15, -0.1) is 0 Å². The number of hydrogen-bond acceptors (Lipinski definition) is 6. The monoisotopic (exact) mass is 335 g/mol. The van der Waals surface area contributed by atoms with Gasteiger partial charge in [0.15, 0.2) is 5.82 Å². The molecule has 3 rings (SSSR count). The predicted octanol–water partition coefficient (Wildman–Crippen LogP) is 2.32. The number of aromatic nitrogens is 3. The van der Waals surface area contributed by atoms with Crippen molar-refractivity contribution >= 4 is 23.3 Å². The van der Waals surface area contributed by atoms with Crippen molar-refractivity contribution in [3.8, 4) is 0 Å². The number of rotatable bonds is 4. The highest BCUT2D eigenvalue weighted by atomic mass is 35.5. The summed E-state index contributed by atoms with van der Waals surface area (Å²) in [4.78, 5) is 22.8. The van der Waals surface area contributed by atoms with Crippen LogP contribution in [-0.4, -0.2) is 45.1 Å². The average Bonchev–Trinajstić information content (AvgIpc) is 3.11. The number of piperidine rings is 1. The Morgan fingerprint density at radius 2 is 2.35 bits per heavy atom.